The Morgan fingerprint density at radius 1 is 0.955 bits per heavy atom. The van der Waals surface area contributed by atoms with Crippen molar-refractivity contribution in [2.45, 2.75) is 4.90 Å². The Morgan fingerprint density at radius 2 is 1.73 bits per heavy atom. The van der Waals surface area contributed by atoms with Crippen LogP contribution >= 0.6 is 23.2 Å². The topological polar surface area (TPSA) is 72.0 Å². The molecule has 0 saturated heterocycles. The van der Waals surface area contributed by atoms with E-state index in [4.69, 9.17) is 23.2 Å². The summed E-state index contributed by atoms with van der Waals surface area (Å²) in [5, 5.41) is 0.611. The van der Waals surface area contributed by atoms with Crippen LogP contribution in [0.2, 0.25) is 10.0 Å². The summed E-state index contributed by atoms with van der Waals surface area (Å²) >= 11 is 11.7. The molecule has 3 rings (SSSR count). The van der Waals surface area contributed by atoms with E-state index >= 15 is 0 Å². The van der Waals surface area contributed by atoms with Crippen molar-refractivity contribution >= 4 is 49.9 Å². The predicted octanol–water partition coefficient (Wildman–Crippen LogP) is 3.74. The normalized spacial score (nSPS) is 11.5. The molecule has 0 aliphatic carbocycles. The molecule has 0 fully saturated rings. The van der Waals surface area contributed by atoms with Crippen LogP contribution in [0, 0.1) is 0 Å². The molecule has 0 amide bonds. The molecule has 112 valence electrons. The molecule has 0 saturated carbocycles. The molecule has 0 aliphatic heterocycles. The molecule has 0 spiro atoms. The van der Waals surface area contributed by atoms with Gasteiger partial charge in [-0.1, -0.05) is 29.3 Å². The molecular formula is C14H9Cl2N3O2S. The first-order valence-electron chi connectivity index (χ1n) is 6.15. The van der Waals surface area contributed by atoms with E-state index in [9.17, 15) is 8.42 Å². The number of aromatic nitrogens is 2. The van der Waals surface area contributed by atoms with Crippen molar-refractivity contribution in [3.63, 3.8) is 0 Å². The summed E-state index contributed by atoms with van der Waals surface area (Å²) in [6, 6.07) is 9.27. The lowest BCUT2D eigenvalue weighted by Crippen LogP contribution is -2.13. The molecular weight excluding hydrogens is 345 g/mol. The fraction of sp³-hybridized carbons (Fsp3) is 0. The second-order valence-electron chi connectivity index (χ2n) is 4.41. The van der Waals surface area contributed by atoms with Crippen LogP contribution in [0.5, 0.6) is 0 Å². The van der Waals surface area contributed by atoms with Crippen LogP contribution in [0.1, 0.15) is 0 Å². The Morgan fingerprint density at radius 3 is 2.50 bits per heavy atom. The molecule has 5 nitrogen and oxygen atoms in total. The molecule has 1 N–H and O–H groups in total. The first kappa shape index (κ1) is 15.0. The average Bonchev–Trinajstić information content (AvgIpc) is 2.50. The number of halogens is 2. The van der Waals surface area contributed by atoms with E-state index in [2.05, 4.69) is 14.7 Å². The number of nitrogens with one attached hydrogen (secondary N) is 1. The quantitative estimate of drug-likeness (QED) is 0.778. The van der Waals surface area contributed by atoms with Crippen molar-refractivity contribution in [1.82, 2.24) is 9.97 Å². The maximum absolute atomic E-state index is 12.6. The Kier molecular flexibility index (Phi) is 3.90. The third-order valence-corrected chi connectivity index (χ3v) is 5.07. The number of anilines is 1. The van der Waals surface area contributed by atoms with Gasteiger partial charge in [0.05, 0.1) is 21.2 Å². The zero-order chi connectivity index (χ0) is 15.7. The highest BCUT2D eigenvalue weighted by atomic mass is 35.5. The molecule has 1 aromatic heterocycles. The first-order chi connectivity index (χ1) is 10.5. The van der Waals surface area contributed by atoms with E-state index < -0.39 is 10.0 Å². The zero-order valence-corrected chi connectivity index (χ0v) is 13.3. The summed E-state index contributed by atoms with van der Waals surface area (Å²) in [6.07, 6.45) is 2.95. The highest BCUT2D eigenvalue weighted by molar-refractivity contribution is 7.93. The summed E-state index contributed by atoms with van der Waals surface area (Å²) in [4.78, 5) is 8.23. The van der Waals surface area contributed by atoms with Crippen LogP contribution in [0.25, 0.3) is 11.0 Å². The van der Waals surface area contributed by atoms with Gasteiger partial charge in [0.2, 0.25) is 0 Å². The number of nitrogens with zero attached hydrogens (tertiary/aromatic N) is 2. The fourth-order valence-corrected chi connectivity index (χ4v) is 3.47. The van der Waals surface area contributed by atoms with Gasteiger partial charge in [0.25, 0.3) is 10.0 Å². The minimum Gasteiger partial charge on any atom is -0.280 e. The number of hydrogen-bond acceptors (Lipinski definition) is 4. The van der Waals surface area contributed by atoms with Crippen LogP contribution in [0.4, 0.5) is 5.69 Å². The highest BCUT2D eigenvalue weighted by Gasteiger charge is 2.19. The van der Waals surface area contributed by atoms with E-state index in [1.54, 1.807) is 12.1 Å². The molecule has 0 unspecified atom stereocenters. The van der Waals surface area contributed by atoms with Gasteiger partial charge in [-0.25, -0.2) is 8.42 Å². The minimum atomic E-state index is -3.82. The van der Waals surface area contributed by atoms with Crippen LogP contribution in [-0.4, -0.2) is 18.4 Å². The van der Waals surface area contributed by atoms with Gasteiger partial charge >= 0.3 is 0 Å². The number of fused-ring (bicyclic) bond motifs is 1. The molecule has 0 radical (unpaired) electrons. The average molecular weight is 354 g/mol. The first-order valence-corrected chi connectivity index (χ1v) is 8.39. The second-order valence-corrected chi connectivity index (χ2v) is 6.88. The minimum absolute atomic E-state index is 0.0455. The molecule has 2 aromatic carbocycles. The lowest BCUT2D eigenvalue weighted by molar-refractivity contribution is 0.602. The fourth-order valence-electron chi connectivity index (χ4n) is 1.95. The van der Waals surface area contributed by atoms with Gasteiger partial charge in [0.15, 0.2) is 0 Å². The Hall–Kier alpha value is -1.89. The van der Waals surface area contributed by atoms with E-state index in [0.29, 0.717) is 21.7 Å². The van der Waals surface area contributed by atoms with Crippen molar-refractivity contribution in [2.75, 3.05) is 4.72 Å². The standard InChI is InChI=1S/C14H9Cl2N3O2S/c15-10-5-4-9(8-11(10)16)19-22(20,21)13-3-1-2-12-14(13)18-7-6-17-12/h1-8,19H. The van der Waals surface area contributed by atoms with E-state index in [-0.39, 0.29) is 9.92 Å². The van der Waals surface area contributed by atoms with Crippen molar-refractivity contribution in [2.24, 2.45) is 0 Å². The van der Waals surface area contributed by atoms with E-state index in [1.807, 2.05) is 0 Å². The van der Waals surface area contributed by atoms with Crippen LogP contribution in [0.3, 0.4) is 0 Å². The number of sulfonamides is 1. The molecule has 1 heterocycles. The molecule has 0 aliphatic rings. The monoisotopic (exact) mass is 353 g/mol. The summed E-state index contributed by atoms with van der Waals surface area (Å²) in [6.45, 7) is 0. The number of para-hydroxylation sites is 1. The van der Waals surface area contributed by atoms with E-state index in [1.165, 1.54) is 36.7 Å². The summed E-state index contributed by atoms with van der Waals surface area (Å²) in [5.74, 6) is 0. The summed E-state index contributed by atoms with van der Waals surface area (Å²) in [5.41, 5.74) is 1.12. The van der Waals surface area contributed by atoms with Gasteiger partial charge < -0.3 is 0 Å². The lowest BCUT2D eigenvalue weighted by Gasteiger charge is -2.10. The van der Waals surface area contributed by atoms with Crippen molar-refractivity contribution < 1.29 is 8.42 Å². The van der Waals surface area contributed by atoms with Crippen molar-refractivity contribution in [3.8, 4) is 0 Å². The molecule has 3 aromatic rings. The number of benzene rings is 2. The van der Waals surface area contributed by atoms with E-state index in [0.717, 1.165) is 0 Å². The number of rotatable bonds is 3. The maximum Gasteiger partial charge on any atom is 0.264 e. The Labute approximate surface area is 137 Å². The Balaban J connectivity index is 2.07. The van der Waals surface area contributed by atoms with Crippen molar-refractivity contribution in [1.29, 1.82) is 0 Å². The maximum atomic E-state index is 12.6. The Bertz CT molecular complexity index is 956. The smallest absolute Gasteiger partial charge is 0.264 e. The van der Waals surface area contributed by atoms with Crippen molar-refractivity contribution in [3.05, 3.63) is 58.8 Å². The number of hydrogen-bond donors (Lipinski definition) is 1. The SMILES string of the molecule is O=S(=O)(Nc1ccc(Cl)c(Cl)c1)c1cccc2nccnc12. The lowest BCUT2D eigenvalue weighted by atomic mass is 10.3. The molecule has 0 bridgehead atoms. The zero-order valence-electron chi connectivity index (χ0n) is 11.0. The molecule has 0 atom stereocenters. The van der Waals surface area contributed by atoms with Crippen LogP contribution in [-0.2, 0) is 10.0 Å². The van der Waals surface area contributed by atoms with Gasteiger partial charge in [0.1, 0.15) is 10.4 Å². The van der Waals surface area contributed by atoms with Gasteiger partial charge in [0, 0.05) is 12.4 Å². The third-order valence-electron chi connectivity index (χ3n) is 2.92. The van der Waals surface area contributed by atoms with Crippen LogP contribution < -0.4 is 4.72 Å². The molecule has 8 heteroatoms. The van der Waals surface area contributed by atoms with Gasteiger partial charge in [-0.05, 0) is 30.3 Å². The largest absolute Gasteiger partial charge is 0.280 e. The third kappa shape index (κ3) is 2.85. The highest BCUT2D eigenvalue weighted by Crippen LogP contribution is 2.27. The second kappa shape index (κ2) is 5.72. The summed E-state index contributed by atoms with van der Waals surface area (Å²) in [7, 11) is -3.82. The predicted molar refractivity (Wildman–Crippen MR) is 86.8 cm³/mol. The summed E-state index contributed by atoms with van der Waals surface area (Å²) < 4.78 is 27.6. The molecule has 22 heavy (non-hydrogen) atoms. The van der Waals surface area contributed by atoms with Gasteiger partial charge in [-0.15, -0.1) is 0 Å². The van der Waals surface area contributed by atoms with Gasteiger partial charge in [-0.3, -0.25) is 14.7 Å². The van der Waals surface area contributed by atoms with Crippen LogP contribution in [0.15, 0.2) is 53.7 Å². The van der Waals surface area contributed by atoms with Gasteiger partial charge in [-0.2, -0.15) is 0 Å².